The molecule has 0 spiro atoms. The summed E-state index contributed by atoms with van der Waals surface area (Å²) in [6.07, 6.45) is 1.35. The highest BCUT2D eigenvalue weighted by molar-refractivity contribution is 5.36. The Balaban J connectivity index is 2.84. The second kappa shape index (κ2) is 2.91. The molecule has 1 aromatic heterocycles. The molecule has 0 bridgehead atoms. The van der Waals surface area contributed by atoms with Crippen LogP contribution in [0, 0.1) is 5.82 Å². The van der Waals surface area contributed by atoms with Crippen molar-refractivity contribution >= 4 is 12.5 Å². The summed E-state index contributed by atoms with van der Waals surface area (Å²) in [5.41, 5.74) is 2.41. The van der Waals surface area contributed by atoms with Gasteiger partial charge in [-0.3, -0.25) is 5.43 Å². The average Bonchev–Trinajstić information content (AvgIpc) is 1.88. The maximum atomic E-state index is 12.3. The largest absolute Gasteiger partial charge is 0.262 e. The van der Waals surface area contributed by atoms with Crippen LogP contribution in [0.1, 0.15) is 0 Å². The van der Waals surface area contributed by atoms with Gasteiger partial charge in [0.15, 0.2) is 0 Å². The summed E-state index contributed by atoms with van der Waals surface area (Å²) in [6, 6.07) is 2.49. The van der Waals surface area contributed by atoms with Crippen molar-refractivity contribution in [1.29, 1.82) is 0 Å². The van der Waals surface area contributed by atoms with Gasteiger partial charge in [-0.05, 0) is 6.07 Å². The lowest BCUT2D eigenvalue weighted by Crippen LogP contribution is -1.90. The Morgan fingerprint density at radius 3 is 3.10 bits per heavy atom. The lowest BCUT2D eigenvalue weighted by Gasteiger charge is -1.95. The summed E-state index contributed by atoms with van der Waals surface area (Å²) in [5, 5.41) is 3.32. The molecule has 0 aliphatic rings. The minimum Gasteiger partial charge on any atom is -0.262 e. The van der Waals surface area contributed by atoms with Gasteiger partial charge in [0.05, 0.1) is 0 Å². The van der Waals surface area contributed by atoms with Gasteiger partial charge in [0.25, 0.3) is 0 Å². The number of hydrazone groups is 1. The van der Waals surface area contributed by atoms with E-state index in [2.05, 4.69) is 22.2 Å². The molecule has 1 N–H and O–H groups in total. The van der Waals surface area contributed by atoms with Gasteiger partial charge in [-0.2, -0.15) is 5.10 Å². The van der Waals surface area contributed by atoms with Gasteiger partial charge in [-0.25, -0.2) is 9.37 Å². The molecule has 10 heavy (non-hydrogen) atoms. The van der Waals surface area contributed by atoms with Crippen LogP contribution in [0.2, 0.25) is 0 Å². The normalized spacial score (nSPS) is 8.90. The van der Waals surface area contributed by atoms with Crippen molar-refractivity contribution in [2.75, 3.05) is 5.43 Å². The predicted octanol–water partition coefficient (Wildman–Crippen LogP) is 1.25. The molecule has 0 saturated heterocycles. The van der Waals surface area contributed by atoms with E-state index in [4.69, 9.17) is 0 Å². The molecule has 3 nitrogen and oxygen atoms in total. The van der Waals surface area contributed by atoms with Gasteiger partial charge < -0.3 is 0 Å². The van der Waals surface area contributed by atoms with Gasteiger partial charge >= 0.3 is 0 Å². The molecular weight excluding hydrogens is 133 g/mol. The molecular formula is C6H6FN3. The minimum absolute atomic E-state index is 0.346. The molecule has 0 unspecified atom stereocenters. The highest BCUT2D eigenvalue weighted by atomic mass is 19.1. The zero-order valence-electron chi connectivity index (χ0n) is 5.21. The van der Waals surface area contributed by atoms with E-state index in [0.717, 1.165) is 0 Å². The zero-order valence-corrected chi connectivity index (χ0v) is 5.21. The first-order chi connectivity index (χ1) is 4.83. The third-order valence-electron chi connectivity index (χ3n) is 0.916. The van der Waals surface area contributed by atoms with Gasteiger partial charge in [0.1, 0.15) is 11.6 Å². The number of hydrogen-bond acceptors (Lipinski definition) is 3. The summed E-state index contributed by atoms with van der Waals surface area (Å²) >= 11 is 0. The Kier molecular flexibility index (Phi) is 1.94. The Morgan fingerprint density at radius 2 is 2.50 bits per heavy atom. The number of anilines is 1. The second-order valence-corrected chi connectivity index (χ2v) is 1.63. The molecule has 0 saturated carbocycles. The number of nitrogens with zero attached hydrogens (tertiary/aromatic N) is 2. The van der Waals surface area contributed by atoms with E-state index in [1.54, 1.807) is 0 Å². The summed E-state index contributed by atoms with van der Waals surface area (Å²) < 4.78 is 12.3. The molecule has 4 heteroatoms. The quantitative estimate of drug-likeness (QED) is 0.494. The number of hydrogen-bond donors (Lipinski definition) is 1. The van der Waals surface area contributed by atoms with Crippen LogP contribution < -0.4 is 5.43 Å². The van der Waals surface area contributed by atoms with Crippen molar-refractivity contribution < 1.29 is 4.39 Å². The van der Waals surface area contributed by atoms with Crippen molar-refractivity contribution in [1.82, 2.24) is 4.98 Å². The van der Waals surface area contributed by atoms with Crippen molar-refractivity contribution in [2.24, 2.45) is 5.10 Å². The summed E-state index contributed by atoms with van der Waals surface area (Å²) in [4.78, 5) is 3.74. The number of halogens is 1. The number of nitrogens with one attached hydrogen (secondary N) is 1. The minimum atomic E-state index is -0.346. The number of rotatable bonds is 2. The maximum absolute atomic E-state index is 12.3. The fraction of sp³-hybridized carbons (Fsp3) is 0. The van der Waals surface area contributed by atoms with Gasteiger partial charge in [-0.1, -0.05) is 0 Å². The van der Waals surface area contributed by atoms with Gasteiger partial charge in [0.2, 0.25) is 0 Å². The van der Waals surface area contributed by atoms with E-state index in [9.17, 15) is 4.39 Å². The van der Waals surface area contributed by atoms with Crippen molar-refractivity contribution in [2.45, 2.75) is 0 Å². The third kappa shape index (κ3) is 1.51. The smallest absolute Gasteiger partial charge is 0.148 e. The van der Waals surface area contributed by atoms with Gasteiger partial charge in [0, 0.05) is 19.0 Å². The number of aromatic nitrogens is 1. The van der Waals surface area contributed by atoms with E-state index >= 15 is 0 Å². The SMILES string of the molecule is C=NNc1cc(F)ccn1. The molecule has 0 radical (unpaired) electrons. The molecule has 0 fully saturated rings. The van der Waals surface area contributed by atoms with Crippen LogP contribution >= 0.6 is 0 Å². The second-order valence-electron chi connectivity index (χ2n) is 1.63. The predicted molar refractivity (Wildman–Crippen MR) is 37.4 cm³/mol. The fourth-order valence-electron chi connectivity index (χ4n) is 0.547. The highest BCUT2D eigenvalue weighted by Crippen LogP contribution is 2.03. The van der Waals surface area contributed by atoms with Crippen LogP contribution in [-0.2, 0) is 0 Å². The molecule has 0 aromatic carbocycles. The Labute approximate surface area is 57.6 Å². The number of pyridine rings is 1. The van der Waals surface area contributed by atoms with E-state index in [1.807, 2.05) is 0 Å². The molecule has 0 amide bonds. The van der Waals surface area contributed by atoms with Crippen LogP contribution in [0.5, 0.6) is 0 Å². The topological polar surface area (TPSA) is 37.3 Å². The monoisotopic (exact) mass is 139 g/mol. The average molecular weight is 139 g/mol. The maximum Gasteiger partial charge on any atom is 0.148 e. The molecule has 0 atom stereocenters. The molecule has 0 aliphatic carbocycles. The first-order valence-corrected chi connectivity index (χ1v) is 2.66. The van der Waals surface area contributed by atoms with Crippen LogP contribution in [0.15, 0.2) is 23.4 Å². The van der Waals surface area contributed by atoms with Crippen molar-refractivity contribution in [3.05, 3.63) is 24.1 Å². The van der Waals surface area contributed by atoms with E-state index in [1.165, 1.54) is 18.3 Å². The Hall–Kier alpha value is -1.45. The van der Waals surface area contributed by atoms with Crippen molar-refractivity contribution in [3.63, 3.8) is 0 Å². The Morgan fingerprint density at radius 1 is 1.70 bits per heavy atom. The summed E-state index contributed by atoms with van der Waals surface area (Å²) in [5.74, 6) is 0.0103. The standard InChI is InChI=1S/C6H6FN3/c1-8-10-6-4-5(7)2-3-9-6/h2-4H,1H2,(H,9,10). The molecule has 0 aliphatic heterocycles. The highest BCUT2D eigenvalue weighted by Gasteiger charge is 1.91. The van der Waals surface area contributed by atoms with Crippen LogP contribution in [0.4, 0.5) is 10.2 Å². The zero-order chi connectivity index (χ0) is 7.40. The lowest BCUT2D eigenvalue weighted by molar-refractivity contribution is 0.626. The van der Waals surface area contributed by atoms with Crippen LogP contribution in [0.25, 0.3) is 0 Å². The first kappa shape index (κ1) is 6.67. The summed E-state index contributed by atoms with van der Waals surface area (Å²) in [7, 11) is 0. The fourth-order valence-corrected chi connectivity index (χ4v) is 0.547. The molecule has 52 valence electrons. The molecule has 1 heterocycles. The lowest BCUT2D eigenvalue weighted by atomic mass is 10.4. The molecule has 1 aromatic rings. The van der Waals surface area contributed by atoms with Crippen LogP contribution in [0.3, 0.4) is 0 Å². The molecule has 1 rings (SSSR count). The first-order valence-electron chi connectivity index (χ1n) is 2.66. The van der Waals surface area contributed by atoms with E-state index in [-0.39, 0.29) is 5.82 Å². The third-order valence-corrected chi connectivity index (χ3v) is 0.916. The summed E-state index contributed by atoms with van der Waals surface area (Å²) in [6.45, 7) is 3.16. The van der Waals surface area contributed by atoms with Gasteiger partial charge in [-0.15, -0.1) is 0 Å². The van der Waals surface area contributed by atoms with E-state index in [0.29, 0.717) is 5.82 Å². The van der Waals surface area contributed by atoms with Crippen LogP contribution in [-0.4, -0.2) is 11.7 Å². The van der Waals surface area contributed by atoms with Crippen molar-refractivity contribution in [3.8, 4) is 0 Å². The van der Waals surface area contributed by atoms with E-state index < -0.39 is 0 Å². The Bertz CT molecular complexity index is 236.